The fourth-order valence-electron chi connectivity index (χ4n) is 8.19. The second kappa shape index (κ2) is 28.9. The van der Waals surface area contributed by atoms with Crippen molar-refractivity contribution in [3.05, 3.63) is 85.1 Å². The number of fused-ring (bicyclic) bond motifs is 2. The third-order valence-electron chi connectivity index (χ3n) is 12.3. The van der Waals surface area contributed by atoms with Gasteiger partial charge in [0.05, 0.1) is 86.2 Å². The lowest BCUT2D eigenvalue weighted by atomic mass is 9.82. The molecule has 0 saturated carbocycles. The van der Waals surface area contributed by atoms with Crippen molar-refractivity contribution < 1.29 is 84.3 Å². The number of nitrogens with two attached hydrogens (primary N) is 1. The van der Waals surface area contributed by atoms with E-state index < -0.39 is 147 Å². The van der Waals surface area contributed by atoms with Gasteiger partial charge in [0.2, 0.25) is 0 Å². The molecule has 0 aromatic carbocycles. The molecule has 3 aliphatic rings. The van der Waals surface area contributed by atoms with Gasteiger partial charge < -0.3 is 80.5 Å². The van der Waals surface area contributed by atoms with E-state index in [0.29, 0.717) is 0 Å². The predicted octanol–water partition coefficient (Wildman–Crippen LogP) is 1.19. The number of esters is 2. The molecule has 0 aromatic rings. The van der Waals surface area contributed by atoms with Crippen LogP contribution >= 0.6 is 0 Å². The third-order valence-corrected chi connectivity index (χ3v) is 12.3. The molecule has 2 saturated heterocycles. The van der Waals surface area contributed by atoms with Crippen LogP contribution in [0.25, 0.3) is 0 Å². The smallest absolute Gasteiger partial charge is 0.314 e. The first-order valence-corrected chi connectivity index (χ1v) is 23.3. The molecule has 2 bridgehead atoms. The summed E-state index contributed by atoms with van der Waals surface area (Å²) in [5.74, 6) is -5.90. The lowest BCUT2D eigenvalue weighted by Gasteiger charge is -2.45. The highest BCUT2D eigenvalue weighted by atomic mass is 16.7. The quantitative estimate of drug-likeness (QED) is 0.176. The lowest BCUT2D eigenvalue weighted by molar-refractivity contribution is -0.309. The highest BCUT2D eigenvalue weighted by molar-refractivity contribution is 5.74. The van der Waals surface area contributed by atoms with Gasteiger partial charge in [-0.05, 0) is 40.0 Å². The number of rotatable bonds is 4. The molecule has 0 amide bonds. The highest BCUT2D eigenvalue weighted by Crippen LogP contribution is 2.38. The normalized spacial score (nSPS) is 44.4. The number of ether oxygens (including phenoxy) is 5. The monoisotopic (exact) mass is 952 g/mol. The highest BCUT2D eigenvalue weighted by Gasteiger charge is 2.51. The van der Waals surface area contributed by atoms with Crippen LogP contribution in [-0.4, -0.2) is 167 Å². The van der Waals surface area contributed by atoms with Gasteiger partial charge in [0, 0.05) is 37.5 Å². The molecule has 0 radical (unpaired) electrons. The van der Waals surface area contributed by atoms with Crippen LogP contribution in [0.2, 0.25) is 0 Å². The standard InChI is InChI=1S/C49H77NO17/c1-6-63-47(61)42-39(56)28-49(62)27-35(53)24-38(55)37(54)22-21-33(51)23-34(52)25-41(57)64-31(4)30(3)44(58)29(2)19-17-15-13-11-9-7-8-10-12-14-16-18-20-36(26-40(42)67-49)66-48-46(60)43(50)45(59)32(5)65-48/h7-20,29-40,42-46,48,51-56,58-60,62H,6,21-28,50H2,1-5H3/b8-7+,11-9+,12-10+,15-13+,16-14+,19-17+,20-18+/t29-,30-,31-,32+,33+,34+,35-,36-,37+,38+,39-,40-,42+,43-,44+,45+,46+,48-,49+/m0/s1. The molecule has 3 aliphatic heterocycles. The number of aliphatic hydroxyl groups is 10. The van der Waals surface area contributed by atoms with Crippen molar-refractivity contribution in [2.24, 2.45) is 23.5 Å². The Bertz CT molecular complexity index is 1700. The molecule has 0 aliphatic carbocycles. The van der Waals surface area contributed by atoms with E-state index in [1.54, 1.807) is 82.4 Å². The molecule has 18 nitrogen and oxygen atoms in total. The van der Waals surface area contributed by atoms with Gasteiger partial charge in [-0.25, -0.2) is 0 Å². The van der Waals surface area contributed by atoms with Crippen molar-refractivity contribution in [1.82, 2.24) is 0 Å². The summed E-state index contributed by atoms with van der Waals surface area (Å²) >= 11 is 0. The van der Waals surface area contributed by atoms with Gasteiger partial charge in [-0.1, -0.05) is 98.9 Å². The molecule has 19 atom stereocenters. The molecule has 0 aromatic heterocycles. The average molecular weight is 952 g/mol. The van der Waals surface area contributed by atoms with Crippen LogP contribution in [0.4, 0.5) is 0 Å². The average Bonchev–Trinajstić information content (AvgIpc) is 3.25. The van der Waals surface area contributed by atoms with Gasteiger partial charge in [0.25, 0.3) is 0 Å². The Morgan fingerprint density at radius 2 is 1.27 bits per heavy atom. The summed E-state index contributed by atoms with van der Waals surface area (Å²) in [4.78, 5) is 25.9. The molecule has 67 heavy (non-hydrogen) atoms. The molecule has 18 heteroatoms. The number of hydrogen-bond acceptors (Lipinski definition) is 18. The maximum atomic E-state index is 13.3. The summed E-state index contributed by atoms with van der Waals surface area (Å²) in [6.45, 7) is 8.33. The Kier molecular flexibility index (Phi) is 25.0. The minimum atomic E-state index is -2.27. The van der Waals surface area contributed by atoms with E-state index in [1.807, 2.05) is 37.3 Å². The second-order valence-electron chi connectivity index (χ2n) is 18.0. The maximum Gasteiger partial charge on any atom is 0.314 e. The summed E-state index contributed by atoms with van der Waals surface area (Å²) in [5, 5.41) is 109. The molecular formula is C49H77NO17. The SMILES string of the molecule is CCOC(=O)[C@H]1[C@@H]2C[C@@H](O[C@@H]3O[C@H](C)[C@@H](O)[C@H](N)[C@H]3O)/C=C/C=C/C=C/C=C/C=C/C=C/C=C/[C@H](C)[C@@H](O)[C@@H](C)[C@H](C)OC(=O)C[C@H](O)C[C@H](O)CC[C@@H](O)[C@H](O)C[C@H](O)C[C@](O)(C[C@@H]1O)O2. The van der Waals surface area contributed by atoms with E-state index in [9.17, 15) is 60.7 Å². The molecule has 380 valence electrons. The summed E-state index contributed by atoms with van der Waals surface area (Å²) in [6, 6.07) is -1.13. The Balaban J connectivity index is 1.90. The Morgan fingerprint density at radius 1 is 0.687 bits per heavy atom. The maximum absolute atomic E-state index is 13.3. The summed E-state index contributed by atoms with van der Waals surface area (Å²) < 4.78 is 28.8. The van der Waals surface area contributed by atoms with Gasteiger partial charge >= 0.3 is 11.9 Å². The Labute approximate surface area is 394 Å². The number of allylic oxidation sites excluding steroid dienone is 12. The molecule has 2 fully saturated rings. The first-order valence-electron chi connectivity index (χ1n) is 23.3. The zero-order valence-electron chi connectivity index (χ0n) is 39.2. The third kappa shape index (κ3) is 19.5. The van der Waals surface area contributed by atoms with E-state index >= 15 is 0 Å². The predicted molar refractivity (Wildman–Crippen MR) is 246 cm³/mol. The van der Waals surface area contributed by atoms with Gasteiger partial charge in [0.1, 0.15) is 18.1 Å². The molecule has 12 N–H and O–H groups in total. The number of cyclic esters (lactones) is 1. The number of hydrogen-bond donors (Lipinski definition) is 11. The Morgan fingerprint density at radius 3 is 1.87 bits per heavy atom. The van der Waals surface area contributed by atoms with Gasteiger partial charge in [-0.2, -0.15) is 0 Å². The summed E-state index contributed by atoms with van der Waals surface area (Å²) in [5.41, 5.74) is 6.07. The number of carbonyl (C=O) groups excluding carboxylic acids is 2. The van der Waals surface area contributed by atoms with Crippen LogP contribution in [0.3, 0.4) is 0 Å². The van der Waals surface area contributed by atoms with Crippen LogP contribution in [-0.2, 0) is 33.3 Å². The van der Waals surface area contributed by atoms with Crippen LogP contribution in [0.15, 0.2) is 85.1 Å². The molecule has 0 spiro atoms. The van der Waals surface area contributed by atoms with Crippen molar-refractivity contribution in [2.45, 2.75) is 183 Å². The minimum Gasteiger partial charge on any atom is -0.466 e. The van der Waals surface area contributed by atoms with E-state index in [1.165, 1.54) is 0 Å². The lowest BCUT2D eigenvalue weighted by Crippen LogP contribution is -2.61. The van der Waals surface area contributed by atoms with E-state index in [4.69, 9.17) is 29.4 Å². The van der Waals surface area contributed by atoms with Crippen molar-refractivity contribution in [3.63, 3.8) is 0 Å². The molecular weight excluding hydrogens is 875 g/mol. The van der Waals surface area contributed by atoms with Gasteiger partial charge in [-0.15, -0.1) is 0 Å². The zero-order valence-corrected chi connectivity index (χ0v) is 39.2. The van der Waals surface area contributed by atoms with Crippen molar-refractivity contribution >= 4 is 11.9 Å². The van der Waals surface area contributed by atoms with Crippen LogP contribution in [0.1, 0.15) is 86.0 Å². The first kappa shape index (κ1) is 57.9. The molecule has 3 heterocycles. The fraction of sp³-hybridized carbons (Fsp3) is 0.673. The second-order valence-corrected chi connectivity index (χ2v) is 18.0. The van der Waals surface area contributed by atoms with Crippen molar-refractivity contribution in [3.8, 4) is 0 Å². The van der Waals surface area contributed by atoms with E-state index in [-0.39, 0.29) is 38.2 Å². The summed E-state index contributed by atoms with van der Waals surface area (Å²) in [6.07, 6.45) is 4.56. The van der Waals surface area contributed by atoms with Crippen LogP contribution < -0.4 is 5.73 Å². The topological polar surface area (TPSA) is 309 Å². The van der Waals surface area contributed by atoms with Gasteiger partial charge in [-0.3, -0.25) is 9.59 Å². The minimum absolute atomic E-state index is 0.0345. The Hall–Kier alpha value is -3.44. The first-order chi connectivity index (χ1) is 31.7. The fourth-order valence-corrected chi connectivity index (χ4v) is 8.19. The van der Waals surface area contributed by atoms with Gasteiger partial charge in [0.15, 0.2) is 12.1 Å². The van der Waals surface area contributed by atoms with Crippen LogP contribution in [0.5, 0.6) is 0 Å². The zero-order chi connectivity index (χ0) is 49.8. The van der Waals surface area contributed by atoms with Crippen molar-refractivity contribution in [1.29, 1.82) is 0 Å². The van der Waals surface area contributed by atoms with Crippen LogP contribution in [0, 0.1) is 17.8 Å². The van der Waals surface area contributed by atoms with E-state index in [2.05, 4.69) is 0 Å². The molecule has 0 unspecified atom stereocenters. The van der Waals surface area contributed by atoms with Crippen molar-refractivity contribution in [2.75, 3.05) is 6.61 Å². The molecule has 3 rings (SSSR count). The van der Waals surface area contributed by atoms with E-state index in [0.717, 1.165) is 0 Å². The number of aliphatic hydroxyl groups excluding tert-OH is 9. The largest absolute Gasteiger partial charge is 0.466 e. The number of carbonyl (C=O) groups is 2. The summed E-state index contributed by atoms with van der Waals surface area (Å²) in [7, 11) is 0.